The fourth-order valence-corrected chi connectivity index (χ4v) is 4.58. The van der Waals surface area contributed by atoms with Crippen LogP contribution in [0, 0.1) is 5.92 Å². The first-order valence-electron chi connectivity index (χ1n) is 11.3. The Bertz CT molecular complexity index is 1360. The van der Waals surface area contributed by atoms with Crippen molar-refractivity contribution in [2.45, 2.75) is 38.1 Å². The van der Waals surface area contributed by atoms with E-state index in [4.69, 9.17) is 10.7 Å². The number of hydrogen-bond donors (Lipinski definition) is 3. The largest absolute Gasteiger partial charge is 0.383 e. The van der Waals surface area contributed by atoms with Gasteiger partial charge in [0.2, 0.25) is 5.91 Å². The Morgan fingerprint density at radius 2 is 1.97 bits per heavy atom. The number of nitrogens with zero attached hydrogens (tertiary/aromatic N) is 4. The van der Waals surface area contributed by atoms with Crippen LogP contribution in [0.1, 0.15) is 41.1 Å². The Morgan fingerprint density at radius 1 is 1.09 bits per heavy atom. The van der Waals surface area contributed by atoms with E-state index in [1.165, 1.54) is 18.4 Å². The summed E-state index contributed by atoms with van der Waals surface area (Å²) < 4.78 is 2.10. The van der Waals surface area contributed by atoms with Gasteiger partial charge < -0.3 is 20.8 Å². The molecular formula is C25H25N7O. The molecule has 4 aromatic heterocycles. The number of carbonyl (C=O) groups excluding carboxylic acids is 1. The lowest BCUT2D eigenvalue weighted by molar-refractivity contribution is -0.119. The summed E-state index contributed by atoms with van der Waals surface area (Å²) >= 11 is 0. The van der Waals surface area contributed by atoms with Gasteiger partial charge in [0.15, 0.2) is 0 Å². The quantitative estimate of drug-likeness (QED) is 0.424. The third kappa shape index (κ3) is 4.00. The Balaban J connectivity index is 1.10. The SMILES string of the molecule is Nc1nccc2c1CC(C(=O)Nc1cc(NCc3cn4cc(C5CC5)ccc4n3)ccn1)C2. The van der Waals surface area contributed by atoms with Gasteiger partial charge in [-0.25, -0.2) is 15.0 Å². The van der Waals surface area contributed by atoms with Gasteiger partial charge in [0.25, 0.3) is 0 Å². The van der Waals surface area contributed by atoms with Crippen LogP contribution in [0.4, 0.5) is 17.3 Å². The van der Waals surface area contributed by atoms with E-state index < -0.39 is 0 Å². The molecule has 4 heterocycles. The van der Waals surface area contributed by atoms with Crippen LogP contribution in [0.15, 0.2) is 55.1 Å². The van der Waals surface area contributed by atoms with Crippen molar-refractivity contribution >= 4 is 28.9 Å². The summed E-state index contributed by atoms with van der Waals surface area (Å²) in [6.07, 6.45) is 11.5. The van der Waals surface area contributed by atoms with Crippen molar-refractivity contribution < 1.29 is 4.79 Å². The number of pyridine rings is 3. The van der Waals surface area contributed by atoms with E-state index in [0.717, 1.165) is 34.1 Å². The van der Waals surface area contributed by atoms with Crippen LogP contribution >= 0.6 is 0 Å². The first kappa shape index (κ1) is 19.7. The molecule has 166 valence electrons. The number of nitrogen functional groups attached to an aromatic ring is 1. The molecule has 1 saturated carbocycles. The summed E-state index contributed by atoms with van der Waals surface area (Å²) in [5.74, 6) is 1.54. The highest BCUT2D eigenvalue weighted by Crippen LogP contribution is 2.39. The van der Waals surface area contributed by atoms with Gasteiger partial charge in [-0.15, -0.1) is 0 Å². The highest BCUT2D eigenvalue weighted by atomic mass is 16.1. The van der Waals surface area contributed by atoms with E-state index in [0.29, 0.717) is 31.0 Å². The molecule has 0 saturated heterocycles. The minimum absolute atomic E-state index is 0.0536. The zero-order valence-electron chi connectivity index (χ0n) is 18.2. The van der Waals surface area contributed by atoms with E-state index in [1.54, 1.807) is 12.4 Å². The fourth-order valence-electron chi connectivity index (χ4n) is 4.58. The molecule has 2 aliphatic carbocycles. The summed E-state index contributed by atoms with van der Waals surface area (Å²) in [6.45, 7) is 0.585. The summed E-state index contributed by atoms with van der Waals surface area (Å²) in [7, 11) is 0. The molecule has 2 aliphatic rings. The van der Waals surface area contributed by atoms with Crippen molar-refractivity contribution in [3.05, 3.63) is 77.5 Å². The number of rotatable bonds is 6. The van der Waals surface area contributed by atoms with Gasteiger partial charge in [0.05, 0.1) is 12.2 Å². The molecule has 0 radical (unpaired) electrons. The third-order valence-corrected chi connectivity index (χ3v) is 6.53. The van der Waals surface area contributed by atoms with Crippen molar-refractivity contribution in [2.75, 3.05) is 16.4 Å². The molecule has 0 spiro atoms. The predicted octanol–water partition coefficient (Wildman–Crippen LogP) is 3.55. The average Bonchev–Trinajstić information content (AvgIpc) is 3.43. The number of carbonyl (C=O) groups is 1. The molecule has 1 fully saturated rings. The normalized spacial score (nSPS) is 17.2. The second-order valence-corrected chi connectivity index (χ2v) is 8.95. The molecule has 4 N–H and O–H groups in total. The summed E-state index contributed by atoms with van der Waals surface area (Å²) in [5.41, 5.74) is 12.2. The van der Waals surface area contributed by atoms with Crippen LogP contribution in [0.5, 0.6) is 0 Å². The van der Waals surface area contributed by atoms with Gasteiger partial charge in [-0.1, -0.05) is 6.07 Å². The molecule has 8 heteroatoms. The summed E-state index contributed by atoms with van der Waals surface area (Å²) in [5, 5.41) is 6.33. The Morgan fingerprint density at radius 3 is 2.82 bits per heavy atom. The minimum Gasteiger partial charge on any atom is -0.383 e. The lowest BCUT2D eigenvalue weighted by atomic mass is 10.1. The van der Waals surface area contributed by atoms with E-state index in [-0.39, 0.29) is 11.8 Å². The van der Waals surface area contributed by atoms with Crippen LogP contribution in [-0.4, -0.2) is 25.3 Å². The number of nitrogens with one attached hydrogen (secondary N) is 2. The predicted molar refractivity (Wildman–Crippen MR) is 127 cm³/mol. The van der Waals surface area contributed by atoms with E-state index in [2.05, 4.69) is 49.5 Å². The Kier molecular flexibility index (Phi) is 4.71. The third-order valence-electron chi connectivity index (χ3n) is 6.53. The van der Waals surface area contributed by atoms with E-state index in [9.17, 15) is 4.79 Å². The van der Waals surface area contributed by atoms with Gasteiger partial charge in [-0.2, -0.15) is 0 Å². The van der Waals surface area contributed by atoms with Crippen LogP contribution in [0.2, 0.25) is 0 Å². The molecule has 0 bridgehead atoms. The topological polar surface area (TPSA) is 110 Å². The van der Waals surface area contributed by atoms with Crippen LogP contribution < -0.4 is 16.4 Å². The van der Waals surface area contributed by atoms with Gasteiger partial charge in [-0.05, 0) is 66.5 Å². The lowest BCUT2D eigenvalue weighted by Gasteiger charge is -2.11. The van der Waals surface area contributed by atoms with Crippen molar-refractivity contribution in [1.29, 1.82) is 0 Å². The van der Waals surface area contributed by atoms with Crippen molar-refractivity contribution in [2.24, 2.45) is 5.92 Å². The summed E-state index contributed by atoms with van der Waals surface area (Å²) in [6, 6.07) is 9.93. The molecule has 33 heavy (non-hydrogen) atoms. The van der Waals surface area contributed by atoms with E-state index >= 15 is 0 Å². The van der Waals surface area contributed by atoms with Crippen molar-refractivity contribution in [1.82, 2.24) is 19.4 Å². The first-order chi connectivity index (χ1) is 16.1. The van der Waals surface area contributed by atoms with Crippen LogP contribution in [0.25, 0.3) is 5.65 Å². The molecule has 0 aromatic carbocycles. The molecule has 8 nitrogen and oxygen atoms in total. The van der Waals surface area contributed by atoms with Gasteiger partial charge >= 0.3 is 0 Å². The number of hydrogen-bond acceptors (Lipinski definition) is 6. The number of fused-ring (bicyclic) bond motifs is 2. The second kappa shape index (κ2) is 7.88. The molecule has 1 amide bonds. The molecule has 6 rings (SSSR count). The molecule has 1 unspecified atom stereocenters. The number of nitrogens with two attached hydrogens (primary N) is 1. The Labute approximate surface area is 191 Å². The van der Waals surface area contributed by atoms with Crippen molar-refractivity contribution in [3.8, 4) is 0 Å². The molecule has 0 aliphatic heterocycles. The number of aromatic nitrogens is 4. The van der Waals surface area contributed by atoms with Crippen LogP contribution in [0.3, 0.4) is 0 Å². The zero-order valence-corrected chi connectivity index (χ0v) is 18.2. The molecule has 4 aromatic rings. The Hall–Kier alpha value is -3.94. The number of anilines is 3. The fraction of sp³-hybridized carbons (Fsp3) is 0.280. The second-order valence-electron chi connectivity index (χ2n) is 8.95. The first-order valence-corrected chi connectivity index (χ1v) is 11.3. The maximum Gasteiger partial charge on any atom is 0.229 e. The average molecular weight is 440 g/mol. The van der Waals surface area contributed by atoms with Gasteiger partial charge in [0.1, 0.15) is 17.3 Å². The maximum absolute atomic E-state index is 12.8. The van der Waals surface area contributed by atoms with Crippen molar-refractivity contribution in [3.63, 3.8) is 0 Å². The standard InChI is InChI=1S/C25H25N7O/c26-24-21-10-18(9-16(21)5-7-28-24)25(33)31-22-11-19(6-8-27-22)29-12-20-14-32-13-17(15-1-2-15)3-4-23(32)30-20/h3-8,11,13-15,18H,1-2,9-10,12H2,(H2,26,28)(H2,27,29,31,33). The summed E-state index contributed by atoms with van der Waals surface area (Å²) in [4.78, 5) is 26.0. The number of amides is 1. The smallest absolute Gasteiger partial charge is 0.229 e. The van der Waals surface area contributed by atoms with Gasteiger partial charge in [0, 0.05) is 42.5 Å². The maximum atomic E-state index is 12.8. The number of imidazole rings is 1. The lowest BCUT2D eigenvalue weighted by Crippen LogP contribution is -2.23. The van der Waals surface area contributed by atoms with E-state index in [1.807, 2.05) is 18.2 Å². The minimum atomic E-state index is -0.164. The monoisotopic (exact) mass is 439 g/mol. The highest BCUT2D eigenvalue weighted by molar-refractivity contribution is 5.93. The highest BCUT2D eigenvalue weighted by Gasteiger charge is 2.29. The van der Waals surface area contributed by atoms with Gasteiger partial charge in [-0.3, -0.25) is 4.79 Å². The zero-order chi connectivity index (χ0) is 22.4. The molecular weight excluding hydrogens is 414 g/mol. The van der Waals surface area contributed by atoms with Crippen LogP contribution in [-0.2, 0) is 24.2 Å². The molecule has 1 atom stereocenters.